The standard InChI is InChI=1S/C17H24N4O2S/c1-17(2,3)15-19-13-6-5-12(11-14(13)23-15)18-16(22)24-21-9-7-20(4)8-10-21/h5-6,11H,7-10H2,1-4H3,(H,18,22). The third-order valence-electron chi connectivity index (χ3n) is 3.95. The van der Waals surface area contributed by atoms with Crippen LogP contribution in [-0.4, -0.2) is 52.7 Å². The number of anilines is 1. The number of aromatic nitrogens is 1. The number of hydrogen-bond donors (Lipinski definition) is 1. The van der Waals surface area contributed by atoms with Gasteiger partial charge in [0.25, 0.3) is 5.24 Å². The van der Waals surface area contributed by atoms with Crippen molar-refractivity contribution in [2.75, 3.05) is 38.5 Å². The fraction of sp³-hybridized carbons (Fsp3) is 0.529. The molecule has 0 radical (unpaired) electrons. The van der Waals surface area contributed by atoms with E-state index in [0.717, 1.165) is 37.4 Å². The van der Waals surface area contributed by atoms with Crippen LogP contribution in [0.2, 0.25) is 0 Å². The topological polar surface area (TPSA) is 61.6 Å². The fourth-order valence-corrected chi connectivity index (χ4v) is 3.20. The van der Waals surface area contributed by atoms with Crippen molar-refractivity contribution in [1.29, 1.82) is 0 Å². The van der Waals surface area contributed by atoms with E-state index < -0.39 is 0 Å². The largest absolute Gasteiger partial charge is 0.440 e. The van der Waals surface area contributed by atoms with Gasteiger partial charge in [0, 0.05) is 55.3 Å². The van der Waals surface area contributed by atoms with E-state index in [0.29, 0.717) is 11.5 Å². The van der Waals surface area contributed by atoms with Gasteiger partial charge in [0.2, 0.25) is 5.89 Å². The van der Waals surface area contributed by atoms with Gasteiger partial charge in [-0.25, -0.2) is 9.29 Å². The van der Waals surface area contributed by atoms with Crippen LogP contribution in [0.25, 0.3) is 11.1 Å². The van der Waals surface area contributed by atoms with Gasteiger partial charge in [-0.05, 0) is 19.2 Å². The van der Waals surface area contributed by atoms with Crippen LogP contribution in [0.3, 0.4) is 0 Å². The van der Waals surface area contributed by atoms with Gasteiger partial charge in [-0.2, -0.15) is 0 Å². The van der Waals surface area contributed by atoms with Crippen molar-refractivity contribution in [3.8, 4) is 0 Å². The molecule has 0 bridgehead atoms. The van der Waals surface area contributed by atoms with Gasteiger partial charge >= 0.3 is 0 Å². The molecule has 24 heavy (non-hydrogen) atoms. The van der Waals surface area contributed by atoms with E-state index in [1.807, 2.05) is 18.2 Å². The van der Waals surface area contributed by atoms with Crippen LogP contribution in [0.4, 0.5) is 10.5 Å². The smallest absolute Gasteiger partial charge is 0.298 e. The van der Waals surface area contributed by atoms with E-state index in [2.05, 4.69) is 47.3 Å². The van der Waals surface area contributed by atoms with Crippen LogP contribution in [0.1, 0.15) is 26.7 Å². The Morgan fingerprint density at radius 2 is 1.96 bits per heavy atom. The molecule has 1 fully saturated rings. The third kappa shape index (κ3) is 4.09. The monoisotopic (exact) mass is 348 g/mol. The summed E-state index contributed by atoms with van der Waals surface area (Å²) in [6.07, 6.45) is 0. The summed E-state index contributed by atoms with van der Waals surface area (Å²) < 4.78 is 7.93. The summed E-state index contributed by atoms with van der Waals surface area (Å²) in [6.45, 7) is 9.95. The lowest BCUT2D eigenvalue weighted by Crippen LogP contribution is -2.41. The molecule has 2 heterocycles. The molecule has 2 aromatic rings. The minimum atomic E-state index is -0.139. The highest BCUT2D eigenvalue weighted by molar-refractivity contribution is 8.11. The Morgan fingerprint density at radius 3 is 2.62 bits per heavy atom. The van der Waals surface area contributed by atoms with Crippen LogP contribution in [0, 0.1) is 0 Å². The molecule has 7 heteroatoms. The second-order valence-electron chi connectivity index (χ2n) is 7.19. The fourth-order valence-electron chi connectivity index (χ4n) is 2.46. The summed E-state index contributed by atoms with van der Waals surface area (Å²) in [5.74, 6) is 0.702. The first-order valence-electron chi connectivity index (χ1n) is 8.15. The van der Waals surface area contributed by atoms with Gasteiger partial charge < -0.3 is 14.6 Å². The van der Waals surface area contributed by atoms with Gasteiger partial charge in [-0.1, -0.05) is 20.8 Å². The van der Waals surface area contributed by atoms with Gasteiger partial charge in [0.15, 0.2) is 5.58 Å². The number of oxazole rings is 1. The highest BCUT2D eigenvalue weighted by Gasteiger charge is 2.21. The van der Waals surface area contributed by atoms with Gasteiger partial charge in [-0.3, -0.25) is 4.79 Å². The third-order valence-corrected chi connectivity index (χ3v) is 4.84. The number of hydrogen-bond acceptors (Lipinski definition) is 6. The molecule has 0 unspecified atom stereocenters. The lowest BCUT2D eigenvalue weighted by molar-refractivity contribution is 0.232. The molecule has 1 N–H and O–H groups in total. The number of nitrogens with zero attached hydrogens (tertiary/aromatic N) is 3. The molecule has 1 saturated heterocycles. The van der Waals surface area contributed by atoms with Crippen molar-refractivity contribution < 1.29 is 9.21 Å². The minimum Gasteiger partial charge on any atom is -0.440 e. The first kappa shape index (κ1) is 17.3. The molecule has 1 aliphatic rings. The molecule has 0 saturated carbocycles. The maximum atomic E-state index is 12.2. The van der Waals surface area contributed by atoms with Crippen molar-refractivity contribution >= 4 is 34.0 Å². The predicted molar refractivity (Wildman–Crippen MR) is 98.4 cm³/mol. The average molecular weight is 348 g/mol. The number of benzene rings is 1. The number of fused-ring (bicyclic) bond motifs is 1. The summed E-state index contributed by atoms with van der Waals surface area (Å²) in [5, 5.41) is 2.85. The number of carbonyl (C=O) groups is 1. The van der Waals surface area contributed by atoms with E-state index in [1.165, 1.54) is 11.9 Å². The zero-order chi connectivity index (χ0) is 17.3. The molecule has 1 aromatic carbocycles. The average Bonchev–Trinajstić information content (AvgIpc) is 2.93. The molecular formula is C17H24N4O2S. The summed E-state index contributed by atoms with van der Waals surface area (Å²) in [5.41, 5.74) is 2.09. The molecule has 1 amide bonds. The Hall–Kier alpha value is -1.57. The van der Waals surface area contributed by atoms with E-state index in [1.54, 1.807) is 0 Å². The van der Waals surface area contributed by atoms with Crippen molar-refractivity contribution in [2.45, 2.75) is 26.2 Å². The second-order valence-corrected chi connectivity index (χ2v) is 8.26. The van der Waals surface area contributed by atoms with E-state index in [9.17, 15) is 4.79 Å². The molecule has 0 atom stereocenters. The van der Waals surface area contributed by atoms with Gasteiger partial charge in [-0.15, -0.1) is 0 Å². The molecule has 1 aliphatic heterocycles. The zero-order valence-corrected chi connectivity index (χ0v) is 15.4. The summed E-state index contributed by atoms with van der Waals surface area (Å²) in [4.78, 5) is 19.0. The van der Waals surface area contributed by atoms with Crippen molar-refractivity contribution in [3.63, 3.8) is 0 Å². The lowest BCUT2D eigenvalue weighted by Gasteiger charge is -2.30. The normalized spacial score (nSPS) is 17.3. The van der Waals surface area contributed by atoms with E-state index in [4.69, 9.17) is 4.42 Å². The lowest BCUT2D eigenvalue weighted by atomic mass is 9.97. The highest BCUT2D eigenvalue weighted by atomic mass is 32.2. The van der Waals surface area contributed by atoms with E-state index in [-0.39, 0.29) is 10.7 Å². The van der Waals surface area contributed by atoms with Crippen molar-refractivity contribution in [1.82, 2.24) is 14.2 Å². The molecule has 6 nitrogen and oxygen atoms in total. The second kappa shape index (κ2) is 6.74. The highest BCUT2D eigenvalue weighted by Crippen LogP contribution is 2.28. The maximum absolute atomic E-state index is 12.2. The van der Waals surface area contributed by atoms with Crippen LogP contribution >= 0.6 is 11.9 Å². The maximum Gasteiger partial charge on any atom is 0.298 e. The number of piperazine rings is 1. The van der Waals surface area contributed by atoms with Crippen molar-refractivity contribution in [3.05, 3.63) is 24.1 Å². The first-order valence-corrected chi connectivity index (χ1v) is 8.92. The molecular weight excluding hydrogens is 324 g/mol. The van der Waals surface area contributed by atoms with Gasteiger partial charge in [0.1, 0.15) is 5.52 Å². The number of nitrogens with one attached hydrogen (secondary N) is 1. The summed E-state index contributed by atoms with van der Waals surface area (Å²) >= 11 is 1.24. The SMILES string of the molecule is CN1CCN(SC(=O)Nc2ccc3nc(C(C)(C)C)oc3c2)CC1. The number of amides is 1. The van der Waals surface area contributed by atoms with Crippen LogP contribution in [0.15, 0.2) is 22.6 Å². The predicted octanol–water partition coefficient (Wildman–Crippen LogP) is 3.55. The van der Waals surface area contributed by atoms with Crippen molar-refractivity contribution in [2.24, 2.45) is 0 Å². The molecule has 3 rings (SSSR count). The van der Waals surface area contributed by atoms with Gasteiger partial charge in [0.05, 0.1) is 0 Å². The summed E-state index contributed by atoms with van der Waals surface area (Å²) in [6, 6.07) is 5.57. The molecule has 1 aromatic heterocycles. The quantitative estimate of drug-likeness (QED) is 0.838. The Morgan fingerprint density at radius 1 is 1.25 bits per heavy atom. The number of likely N-dealkylation sites (N-methyl/N-ethyl adjacent to an activating group) is 1. The Labute approximate surface area is 146 Å². The van der Waals surface area contributed by atoms with Crippen LogP contribution < -0.4 is 5.32 Å². The number of rotatable bonds is 2. The summed E-state index contributed by atoms with van der Waals surface area (Å²) in [7, 11) is 2.10. The zero-order valence-electron chi connectivity index (χ0n) is 14.6. The Balaban J connectivity index is 1.65. The van der Waals surface area contributed by atoms with E-state index >= 15 is 0 Å². The molecule has 0 spiro atoms. The molecule has 0 aliphatic carbocycles. The molecule has 130 valence electrons. The Kier molecular flexibility index (Phi) is 4.85. The first-order chi connectivity index (χ1) is 11.3. The van der Waals surface area contributed by atoms with Crippen LogP contribution in [0.5, 0.6) is 0 Å². The number of carbonyl (C=O) groups excluding carboxylic acids is 1. The minimum absolute atomic E-state index is 0.0746. The van der Waals surface area contributed by atoms with Crippen LogP contribution in [-0.2, 0) is 5.41 Å². The Bertz CT molecular complexity index is 730.